The third-order valence-electron chi connectivity index (χ3n) is 1.01. The molecule has 2 radical (unpaired) electrons. The first-order valence-corrected chi connectivity index (χ1v) is 2.42. The SMILES string of the molecule is CCC(C)C[N]. The maximum atomic E-state index is 8.33. The van der Waals surface area contributed by atoms with E-state index in [9.17, 15) is 0 Å². The molecule has 0 N–H and O–H groups in total. The van der Waals surface area contributed by atoms with Crippen LogP contribution >= 0.6 is 0 Å². The molecule has 0 saturated carbocycles. The van der Waals surface area contributed by atoms with Gasteiger partial charge in [0.05, 0.1) is 0 Å². The molecule has 0 aliphatic carbocycles. The van der Waals surface area contributed by atoms with Crippen molar-refractivity contribution in [2.75, 3.05) is 6.54 Å². The monoisotopic (exact) mass is 85.1 g/mol. The zero-order valence-corrected chi connectivity index (χ0v) is 4.44. The molecule has 0 bridgehead atoms. The molecule has 0 aliphatic heterocycles. The van der Waals surface area contributed by atoms with Crippen molar-refractivity contribution in [3.05, 3.63) is 0 Å². The van der Waals surface area contributed by atoms with Crippen molar-refractivity contribution in [2.45, 2.75) is 20.3 Å². The maximum absolute atomic E-state index is 8.33. The van der Waals surface area contributed by atoms with Crippen molar-refractivity contribution in [2.24, 2.45) is 5.92 Å². The summed E-state index contributed by atoms with van der Waals surface area (Å²) in [6, 6.07) is 0. The van der Waals surface area contributed by atoms with Crippen LogP contribution in [0, 0.1) is 5.92 Å². The molecule has 0 aromatic heterocycles. The summed E-state index contributed by atoms with van der Waals surface area (Å²) in [6.07, 6.45) is 1.08. The number of hydrogen-bond acceptors (Lipinski definition) is 0. The van der Waals surface area contributed by atoms with Crippen molar-refractivity contribution in [1.29, 1.82) is 0 Å². The van der Waals surface area contributed by atoms with E-state index in [1.54, 1.807) is 0 Å². The molecule has 0 spiro atoms. The Bertz CT molecular complexity index is 23.1. The number of hydrogen-bond donors (Lipinski definition) is 0. The fourth-order valence-electron chi connectivity index (χ4n) is 0.129. The van der Waals surface area contributed by atoms with E-state index >= 15 is 0 Å². The summed E-state index contributed by atoms with van der Waals surface area (Å²) in [6.45, 7) is 4.43. The van der Waals surface area contributed by atoms with Crippen LogP contribution in [0.3, 0.4) is 0 Å². The molecule has 1 heteroatoms. The molecule has 0 saturated heterocycles. The molecule has 0 aromatic rings. The third-order valence-corrected chi connectivity index (χ3v) is 1.01. The Morgan fingerprint density at radius 2 is 2.17 bits per heavy atom. The zero-order chi connectivity index (χ0) is 4.99. The van der Waals surface area contributed by atoms with Gasteiger partial charge in [0.15, 0.2) is 0 Å². The van der Waals surface area contributed by atoms with Gasteiger partial charge in [0, 0.05) is 6.54 Å². The normalized spacial score (nSPS) is 14.5. The highest BCUT2D eigenvalue weighted by molar-refractivity contribution is 4.45. The minimum Gasteiger partial charge on any atom is -0.145 e. The van der Waals surface area contributed by atoms with Gasteiger partial charge in [0.1, 0.15) is 0 Å². The summed E-state index contributed by atoms with van der Waals surface area (Å²) in [5, 5.41) is 0. The van der Waals surface area contributed by atoms with Crippen LogP contribution in [0.25, 0.3) is 0 Å². The van der Waals surface area contributed by atoms with Crippen LogP contribution in [0.1, 0.15) is 20.3 Å². The summed E-state index contributed by atoms with van der Waals surface area (Å²) < 4.78 is 0. The van der Waals surface area contributed by atoms with Gasteiger partial charge in [-0.2, -0.15) is 0 Å². The fourth-order valence-corrected chi connectivity index (χ4v) is 0.129. The van der Waals surface area contributed by atoms with Crippen molar-refractivity contribution >= 4 is 0 Å². The molecule has 0 aromatic carbocycles. The molecule has 1 nitrogen and oxygen atoms in total. The highest BCUT2D eigenvalue weighted by Gasteiger charge is 1.90. The lowest BCUT2D eigenvalue weighted by Crippen LogP contribution is -1.98. The first-order valence-electron chi connectivity index (χ1n) is 2.42. The van der Waals surface area contributed by atoms with E-state index < -0.39 is 0 Å². The van der Waals surface area contributed by atoms with Crippen molar-refractivity contribution in [1.82, 2.24) is 5.73 Å². The van der Waals surface area contributed by atoms with Crippen LogP contribution in [0.5, 0.6) is 0 Å². The smallest absolute Gasteiger partial charge is 0.0347 e. The summed E-state index contributed by atoms with van der Waals surface area (Å²) in [5.41, 5.74) is 8.33. The molecule has 0 amide bonds. The van der Waals surface area contributed by atoms with Gasteiger partial charge in [0.2, 0.25) is 0 Å². The fraction of sp³-hybridized carbons (Fsp3) is 1.00. The lowest BCUT2D eigenvalue weighted by atomic mass is 10.1. The first-order chi connectivity index (χ1) is 2.81. The highest BCUT2D eigenvalue weighted by atomic mass is 14.5. The van der Waals surface area contributed by atoms with Gasteiger partial charge in [-0.05, 0) is 5.92 Å². The average Bonchev–Trinajstić information content (AvgIpc) is 1.65. The van der Waals surface area contributed by atoms with Gasteiger partial charge in [-0.1, -0.05) is 20.3 Å². The maximum Gasteiger partial charge on any atom is 0.0347 e. The van der Waals surface area contributed by atoms with E-state index in [0.29, 0.717) is 12.5 Å². The Balaban J connectivity index is 2.75. The van der Waals surface area contributed by atoms with E-state index in [4.69, 9.17) is 5.73 Å². The summed E-state index contributed by atoms with van der Waals surface area (Å²) in [4.78, 5) is 0. The van der Waals surface area contributed by atoms with Gasteiger partial charge in [-0.25, -0.2) is 0 Å². The van der Waals surface area contributed by atoms with Gasteiger partial charge in [0.25, 0.3) is 0 Å². The van der Waals surface area contributed by atoms with E-state index in [1.165, 1.54) is 0 Å². The van der Waals surface area contributed by atoms with Crippen LogP contribution in [-0.2, 0) is 0 Å². The predicted molar refractivity (Wildman–Crippen MR) is 26.5 cm³/mol. The molecular weight excluding hydrogens is 74.1 g/mol. The predicted octanol–water partition coefficient (Wildman–Crippen LogP) is 1.10. The van der Waals surface area contributed by atoms with E-state index in [-0.39, 0.29) is 0 Å². The Labute approximate surface area is 39.5 Å². The van der Waals surface area contributed by atoms with E-state index in [2.05, 4.69) is 6.92 Å². The molecule has 0 aliphatic rings. The number of nitrogens with zero attached hydrogens (tertiary/aromatic N) is 1. The van der Waals surface area contributed by atoms with Gasteiger partial charge in [-0.3, -0.25) is 0 Å². The zero-order valence-electron chi connectivity index (χ0n) is 4.44. The standard InChI is InChI=1S/C5H11N/c1-3-5(2)4-6/h5H,3-4H2,1-2H3. The van der Waals surface area contributed by atoms with Crippen LogP contribution in [0.4, 0.5) is 0 Å². The molecule has 6 heavy (non-hydrogen) atoms. The Kier molecular flexibility index (Phi) is 3.14. The minimum atomic E-state index is 0.330. The summed E-state index contributed by atoms with van der Waals surface area (Å²) in [7, 11) is 0. The molecule has 1 atom stereocenters. The average molecular weight is 85.2 g/mol. The molecule has 36 valence electrons. The third kappa shape index (κ3) is 2.21. The van der Waals surface area contributed by atoms with Crippen LogP contribution in [-0.4, -0.2) is 6.54 Å². The lowest BCUT2D eigenvalue weighted by Gasteiger charge is -1.96. The second-order valence-corrected chi connectivity index (χ2v) is 1.70. The Hall–Kier alpha value is -0.0400. The van der Waals surface area contributed by atoms with Gasteiger partial charge >= 0.3 is 0 Å². The second-order valence-electron chi connectivity index (χ2n) is 1.70. The minimum absolute atomic E-state index is 0.330. The van der Waals surface area contributed by atoms with Crippen LogP contribution < -0.4 is 5.73 Å². The topological polar surface area (TPSA) is 22.3 Å². The quantitative estimate of drug-likeness (QED) is 0.479. The van der Waals surface area contributed by atoms with Gasteiger partial charge < -0.3 is 0 Å². The Morgan fingerprint density at radius 1 is 1.67 bits per heavy atom. The largest absolute Gasteiger partial charge is 0.145 e. The second kappa shape index (κ2) is 3.16. The van der Waals surface area contributed by atoms with Gasteiger partial charge in [-0.15, -0.1) is 5.73 Å². The van der Waals surface area contributed by atoms with Crippen LogP contribution in [0.2, 0.25) is 0 Å². The van der Waals surface area contributed by atoms with E-state index in [1.807, 2.05) is 6.92 Å². The molecule has 0 rings (SSSR count). The number of rotatable bonds is 2. The van der Waals surface area contributed by atoms with Crippen molar-refractivity contribution < 1.29 is 0 Å². The van der Waals surface area contributed by atoms with E-state index in [0.717, 1.165) is 6.42 Å². The molecule has 1 unspecified atom stereocenters. The molecule has 0 heterocycles. The van der Waals surface area contributed by atoms with Crippen LogP contribution in [0.15, 0.2) is 0 Å². The summed E-state index contributed by atoms with van der Waals surface area (Å²) >= 11 is 0. The Morgan fingerprint density at radius 3 is 2.17 bits per heavy atom. The highest BCUT2D eigenvalue weighted by Crippen LogP contribution is 1.94. The molecule has 0 fully saturated rings. The van der Waals surface area contributed by atoms with Crippen molar-refractivity contribution in [3.8, 4) is 0 Å². The first kappa shape index (κ1) is 5.96. The molecular formula is C5H11N. The summed E-state index contributed by atoms with van der Waals surface area (Å²) in [5.74, 6) is 0.491. The van der Waals surface area contributed by atoms with Crippen molar-refractivity contribution in [3.63, 3.8) is 0 Å². The lowest BCUT2D eigenvalue weighted by molar-refractivity contribution is 0.567.